The third kappa shape index (κ3) is 4.04. The van der Waals surface area contributed by atoms with Crippen LogP contribution in [0, 0.1) is 5.82 Å². The molecule has 28 heavy (non-hydrogen) atoms. The molecule has 146 valence electrons. The summed E-state index contributed by atoms with van der Waals surface area (Å²) in [7, 11) is 0. The lowest BCUT2D eigenvalue weighted by atomic mass is 10.2. The first-order valence-corrected chi connectivity index (χ1v) is 9.88. The maximum atomic E-state index is 13.8. The van der Waals surface area contributed by atoms with E-state index in [1.165, 1.54) is 29.5 Å². The smallest absolute Gasteiger partial charge is 0.281 e. The number of aromatic nitrogens is 1. The molecule has 7 heteroatoms. The fourth-order valence-electron chi connectivity index (χ4n) is 3.12. The molecule has 5 nitrogen and oxygen atoms in total. The summed E-state index contributed by atoms with van der Waals surface area (Å²) in [4.78, 5) is 31.3. The van der Waals surface area contributed by atoms with Crippen molar-refractivity contribution < 1.29 is 9.18 Å². The summed E-state index contributed by atoms with van der Waals surface area (Å²) < 4.78 is 14.6. The molecule has 0 spiro atoms. The van der Waals surface area contributed by atoms with Crippen molar-refractivity contribution >= 4 is 38.1 Å². The van der Waals surface area contributed by atoms with Crippen LogP contribution in [0.4, 0.5) is 15.2 Å². The Morgan fingerprint density at radius 3 is 2.43 bits per heavy atom. The molecule has 2 aromatic carbocycles. The Morgan fingerprint density at radius 2 is 1.79 bits per heavy atom. The first-order chi connectivity index (χ1) is 13.3. The number of nitrogens with zero attached hydrogens (tertiary/aromatic N) is 2. The van der Waals surface area contributed by atoms with Gasteiger partial charge in [-0.1, -0.05) is 23.5 Å². The molecule has 0 saturated heterocycles. The van der Waals surface area contributed by atoms with Gasteiger partial charge in [0.15, 0.2) is 5.13 Å². The number of amides is 1. The standard InChI is InChI=1S/C21H22FN3O2S/c1-12(2)25(13(3)4)21-24-20(27)16-11-14(9-10-18(16)28-21)23-19(26)15-7-5-6-8-17(15)22/h5-13H,1-4H3,(H,23,26). The number of carbonyl (C=O) groups excluding carboxylic acids is 1. The maximum Gasteiger partial charge on any atom is 0.281 e. The highest BCUT2D eigenvalue weighted by Crippen LogP contribution is 2.28. The van der Waals surface area contributed by atoms with Gasteiger partial charge in [-0.15, -0.1) is 0 Å². The summed E-state index contributed by atoms with van der Waals surface area (Å²) in [5, 5.41) is 3.74. The van der Waals surface area contributed by atoms with E-state index >= 15 is 0 Å². The molecular formula is C21H22FN3O2S. The number of hydrogen-bond donors (Lipinski definition) is 1. The third-order valence-corrected chi connectivity index (χ3v) is 5.38. The van der Waals surface area contributed by atoms with Crippen molar-refractivity contribution in [1.82, 2.24) is 4.98 Å². The van der Waals surface area contributed by atoms with Crippen molar-refractivity contribution in [2.75, 3.05) is 10.2 Å². The summed E-state index contributed by atoms with van der Waals surface area (Å²) in [6, 6.07) is 11.2. The zero-order valence-electron chi connectivity index (χ0n) is 16.2. The van der Waals surface area contributed by atoms with Crippen LogP contribution in [-0.4, -0.2) is 23.0 Å². The van der Waals surface area contributed by atoms with Crippen molar-refractivity contribution in [3.05, 3.63) is 64.2 Å². The molecule has 0 aliphatic carbocycles. The predicted octanol–water partition coefficient (Wildman–Crippen LogP) is 4.67. The summed E-state index contributed by atoms with van der Waals surface area (Å²) in [6.07, 6.45) is 0. The molecule has 1 aromatic heterocycles. The van der Waals surface area contributed by atoms with Gasteiger partial charge in [0, 0.05) is 22.5 Å². The fraction of sp³-hybridized carbons (Fsp3) is 0.286. The lowest BCUT2D eigenvalue weighted by Gasteiger charge is -2.31. The van der Waals surface area contributed by atoms with Crippen molar-refractivity contribution in [2.45, 2.75) is 39.8 Å². The third-order valence-electron chi connectivity index (χ3n) is 4.32. The van der Waals surface area contributed by atoms with Gasteiger partial charge in [0.2, 0.25) is 0 Å². The number of hydrogen-bond acceptors (Lipinski definition) is 5. The van der Waals surface area contributed by atoms with Crippen LogP contribution in [0.3, 0.4) is 0 Å². The first-order valence-electron chi connectivity index (χ1n) is 9.07. The number of nitrogens with one attached hydrogen (secondary N) is 1. The van der Waals surface area contributed by atoms with Crippen LogP contribution in [0.2, 0.25) is 0 Å². The molecule has 0 bridgehead atoms. The molecule has 3 rings (SSSR count). The molecule has 1 amide bonds. The van der Waals surface area contributed by atoms with Crippen LogP contribution in [0.1, 0.15) is 38.1 Å². The van der Waals surface area contributed by atoms with Gasteiger partial charge in [-0.25, -0.2) is 4.39 Å². The number of carbonyl (C=O) groups is 1. The Balaban J connectivity index is 1.95. The number of halogens is 1. The Bertz CT molecular complexity index is 1070. The average Bonchev–Trinajstić information content (AvgIpc) is 2.62. The molecule has 0 atom stereocenters. The van der Waals surface area contributed by atoms with Crippen LogP contribution < -0.4 is 15.8 Å². The molecule has 3 aromatic rings. The highest BCUT2D eigenvalue weighted by molar-refractivity contribution is 7.21. The molecule has 0 fully saturated rings. The van der Waals surface area contributed by atoms with Gasteiger partial charge in [0.1, 0.15) is 5.82 Å². The van der Waals surface area contributed by atoms with E-state index in [1.807, 2.05) is 0 Å². The van der Waals surface area contributed by atoms with Crippen molar-refractivity contribution in [3.8, 4) is 0 Å². The van der Waals surface area contributed by atoms with Gasteiger partial charge in [0.05, 0.1) is 10.9 Å². The number of anilines is 2. The summed E-state index contributed by atoms with van der Waals surface area (Å²) in [6.45, 7) is 8.24. The van der Waals surface area contributed by atoms with Gasteiger partial charge in [0.25, 0.3) is 11.5 Å². The minimum atomic E-state index is -0.596. The molecule has 0 aliphatic rings. The molecule has 0 aliphatic heterocycles. The van der Waals surface area contributed by atoms with E-state index in [9.17, 15) is 14.0 Å². The SMILES string of the molecule is CC(C)N(c1nc(=O)c2cc(NC(=O)c3ccccc3F)ccc2s1)C(C)C. The van der Waals surface area contributed by atoms with Crippen molar-refractivity contribution in [3.63, 3.8) is 0 Å². The number of fused-ring (bicyclic) bond motifs is 1. The van der Waals surface area contributed by atoms with E-state index in [2.05, 4.69) is 42.9 Å². The van der Waals surface area contributed by atoms with Crippen LogP contribution in [0.15, 0.2) is 47.3 Å². The van der Waals surface area contributed by atoms with Gasteiger partial charge >= 0.3 is 0 Å². The van der Waals surface area contributed by atoms with Gasteiger partial charge in [-0.2, -0.15) is 4.98 Å². The maximum absolute atomic E-state index is 13.8. The fourth-order valence-corrected chi connectivity index (χ4v) is 4.37. The van der Waals surface area contributed by atoms with E-state index in [0.717, 1.165) is 4.70 Å². The summed E-state index contributed by atoms with van der Waals surface area (Å²) in [5.41, 5.74) is 0.0203. The van der Waals surface area contributed by atoms with E-state index in [-0.39, 0.29) is 23.2 Å². The summed E-state index contributed by atoms with van der Waals surface area (Å²) in [5.74, 6) is -1.16. The first kappa shape index (κ1) is 19.9. The van der Waals surface area contributed by atoms with Crippen LogP contribution >= 0.6 is 11.3 Å². The molecule has 1 heterocycles. The highest BCUT2D eigenvalue weighted by atomic mass is 32.1. The van der Waals surface area contributed by atoms with Gasteiger partial charge < -0.3 is 10.2 Å². The Labute approximate surface area is 166 Å². The molecule has 0 unspecified atom stereocenters. The van der Waals surface area contributed by atoms with Crippen LogP contribution in [0.25, 0.3) is 10.1 Å². The minimum absolute atomic E-state index is 0.0502. The zero-order chi connectivity index (χ0) is 20.4. The lowest BCUT2D eigenvalue weighted by Crippen LogP contribution is -2.38. The highest BCUT2D eigenvalue weighted by Gasteiger charge is 2.18. The van der Waals surface area contributed by atoms with Crippen LogP contribution in [0.5, 0.6) is 0 Å². The Kier molecular flexibility index (Phi) is 5.74. The second kappa shape index (κ2) is 8.06. The molecule has 0 saturated carbocycles. The quantitative estimate of drug-likeness (QED) is 0.677. The lowest BCUT2D eigenvalue weighted by molar-refractivity contribution is 0.102. The average molecular weight is 399 g/mol. The largest absolute Gasteiger partial charge is 0.343 e. The topological polar surface area (TPSA) is 62.3 Å². The molecule has 1 N–H and O–H groups in total. The Morgan fingerprint density at radius 1 is 1.11 bits per heavy atom. The van der Waals surface area contributed by atoms with Crippen molar-refractivity contribution in [1.29, 1.82) is 0 Å². The molecular weight excluding hydrogens is 377 g/mol. The van der Waals surface area contributed by atoms with Crippen LogP contribution in [-0.2, 0) is 0 Å². The van der Waals surface area contributed by atoms with E-state index < -0.39 is 11.7 Å². The second-order valence-electron chi connectivity index (χ2n) is 7.04. The predicted molar refractivity (Wildman–Crippen MR) is 113 cm³/mol. The molecule has 0 radical (unpaired) electrons. The normalized spacial score (nSPS) is 11.2. The monoisotopic (exact) mass is 399 g/mol. The van der Waals surface area contributed by atoms with E-state index in [4.69, 9.17) is 0 Å². The number of benzene rings is 2. The van der Waals surface area contributed by atoms with E-state index in [0.29, 0.717) is 16.2 Å². The van der Waals surface area contributed by atoms with Crippen molar-refractivity contribution in [2.24, 2.45) is 0 Å². The van der Waals surface area contributed by atoms with E-state index in [1.54, 1.807) is 24.3 Å². The second-order valence-corrected chi connectivity index (χ2v) is 8.05. The number of rotatable bonds is 5. The van der Waals surface area contributed by atoms with Gasteiger partial charge in [-0.05, 0) is 58.0 Å². The van der Waals surface area contributed by atoms with Gasteiger partial charge in [-0.3, -0.25) is 9.59 Å². The Hall–Kier alpha value is -2.80. The minimum Gasteiger partial charge on any atom is -0.343 e. The zero-order valence-corrected chi connectivity index (χ0v) is 17.0. The summed E-state index contributed by atoms with van der Waals surface area (Å²) >= 11 is 1.43.